The number of aromatic nitrogens is 1. The third-order valence-corrected chi connectivity index (χ3v) is 24.0. The Morgan fingerprint density at radius 1 is 1.04 bits per heavy atom. The molecule has 5 bridgehead atoms. The molecule has 16 nitrogen and oxygen atoms in total. The Morgan fingerprint density at radius 3 is 2.36 bits per heavy atom. The van der Waals surface area contributed by atoms with Gasteiger partial charge in [0, 0.05) is 18.1 Å². The molecule has 19 heteroatoms. The summed E-state index contributed by atoms with van der Waals surface area (Å²) in [6.07, 6.45) is -2.19. The molecule has 8 rings (SSSR count). The van der Waals surface area contributed by atoms with Crippen LogP contribution in [0, 0.1) is 23.7 Å². The molecule has 0 saturated carbocycles. The van der Waals surface area contributed by atoms with Crippen molar-refractivity contribution < 1.29 is 66.2 Å². The molecule has 1 amide bonds. The molecule has 0 radical (unpaired) electrons. The van der Waals surface area contributed by atoms with Gasteiger partial charge in [0.2, 0.25) is 5.75 Å². The average Bonchev–Trinajstić information content (AvgIpc) is 4.01. The lowest BCUT2D eigenvalue weighted by Gasteiger charge is -2.40. The van der Waals surface area contributed by atoms with Crippen LogP contribution in [-0.4, -0.2) is 128 Å². The molecular formula is C55H71ClN2O14Si2. The number of halogens is 1. The van der Waals surface area contributed by atoms with Gasteiger partial charge in [-0.3, -0.25) is 9.59 Å². The predicted octanol–water partition coefficient (Wildman–Crippen LogP) is 9.02. The summed E-state index contributed by atoms with van der Waals surface area (Å²) in [6.45, 7) is 23.8. The Bertz CT molecular complexity index is 2760. The number of carbonyl (C=O) groups is 2. The number of nitrogens with one attached hydrogen (secondary N) is 1. The summed E-state index contributed by atoms with van der Waals surface area (Å²) in [5, 5.41) is 17.1. The molecule has 3 aliphatic heterocycles. The van der Waals surface area contributed by atoms with Crippen molar-refractivity contribution in [3.8, 4) is 52.4 Å². The van der Waals surface area contributed by atoms with E-state index < -0.39 is 89.3 Å². The molecule has 2 N–H and O–H groups in total. The number of hydrogen-bond acceptors (Lipinski definition) is 15. The van der Waals surface area contributed by atoms with Gasteiger partial charge >= 0.3 is 5.97 Å². The number of nitrogens with zero attached hydrogens (tertiary/aromatic N) is 1. The van der Waals surface area contributed by atoms with E-state index in [9.17, 15) is 14.7 Å². The first-order valence-electron chi connectivity index (χ1n) is 25.1. The maximum atomic E-state index is 14.8. The fraction of sp³-hybridized carbons (Fsp3) is 0.545. The van der Waals surface area contributed by atoms with Crippen LogP contribution in [0.4, 0.5) is 0 Å². The van der Waals surface area contributed by atoms with Crippen molar-refractivity contribution in [3.63, 3.8) is 0 Å². The predicted molar refractivity (Wildman–Crippen MR) is 285 cm³/mol. The molecule has 1 spiro atoms. The second kappa shape index (κ2) is 22.6. The number of methoxy groups -OCH3 is 3. The van der Waals surface area contributed by atoms with Gasteiger partial charge in [0.1, 0.15) is 44.1 Å². The van der Waals surface area contributed by atoms with Crippen LogP contribution in [0.2, 0.25) is 41.4 Å². The highest BCUT2D eigenvalue weighted by atomic mass is 35.5. The highest BCUT2D eigenvalue weighted by molar-refractivity contribution is 6.74. The van der Waals surface area contributed by atoms with Crippen LogP contribution in [0.5, 0.6) is 28.7 Å². The standard InChI is InChI=1S/C55H71ClN2O14Si2/c1-15-25-65-41-26-34-27-42(68-33(5)6)49(64-12)48(63-11)36(34)29-37(41)52(60)58-39-30-47(59)66-31-46(67-32-62-10)54(61)24-23-35-28-43(69-40-20-19-38(39)57-51(40)56)50(72-73(13,14)53(7,8)9)55(35)45(70-55)22-21-44(54)71-74(16-2,17-3)18-4/h15,19-20,26-29,33,39,43-46,50,61H,1,16-18,25,30-32H2,2-14H3,(H,58,60)/t39-,43+,44+,45+,46-,50-,54-,55-/m1/s1. The second-order valence-corrected chi connectivity index (χ2v) is 30.5. The van der Waals surface area contributed by atoms with Crippen LogP contribution in [0.25, 0.3) is 10.8 Å². The summed E-state index contributed by atoms with van der Waals surface area (Å²) in [5.41, 5.74) is -2.62. The Labute approximate surface area is 442 Å². The molecule has 1 saturated heterocycles. The minimum absolute atomic E-state index is 0.0588. The van der Waals surface area contributed by atoms with Gasteiger partial charge in [-0.15, -0.1) is 0 Å². The van der Waals surface area contributed by atoms with Crippen LogP contribution in [0.15, 0.2) is 54.6 Å². The lowest BCUT2D eigenvalue weighted by molar-refractivity contribution is -0.181. The highest BCUT2D eigenvalue weighted by Gasteiger charge is 2.71. The molecule has 1 fully saturated rings. The highest BCUT2D eigenvalue weighted by Crippen LogP contribution is 2.55. The number of benzene rings is 2. The van der Waals surface area contributed by atoms with Crippen molar-refractivity contribution in [1.29, 1.82) is 0 Å². The minimum atomic E-state index is -2.59. The van der Waals surface area contributed by atoms with Gasteiger partial charge in [-0.25, -0.2) is 4.98 Å². The van der Waals surface area contributed by atoms with Crippen LogP contribution in [0.1, 0.15) is 83.9 Å². The van der Waals surface area contributed by atoms with Gasteiger partial charge in [-0.05, 0) is 91.9 Å². The first kappa shape index (κ1) is 56.6. The van der Waals surface area contributed by atoms with E-state index >= 15 is 0 Å². The van der Waals surface area contributed by atoms with E-state index in [1.165, 1.54) is 21.3 Å². The van der Waals surface area contributed by atoms with Crippen molar-refractivity contribution in [2.45, 2.75) is 152 Å². The number of amides is 1. The van der Waals surface area contributed by atoms with E-state index in [2.05, 4.69) is 90.2 Å². The summed E-state index contributed by atoms with van der Waals surface area (Å²) in [6, 6.07) is 9.37. The van der Waals surface area contributed by atoms with E-state index in [0.29, 0.717) is 33.6 Å². The summed E-state index contributed by atoms with van der Waals surface area (Å²) >= 11 is 7.04. The van der Waals surface area contributed by atoms with Crippen molar-refractivity contribution in [2.75, 3.05) is 41.3 Å². The number of ether oxygens (including phenoxy) is 9. The van der Waals surface area contributed by atoms with E-state index in [1.807, 2.05) is 19.9 Å². The first-order valence-corrected chi connectivity index (χ1v) is 30.9. The molecule has 74 heavy (non-hydrogen) atoms. The third-order valence-electron chi connectivity index (χ3n) is 14.7. The monoisotopic (exact) mass is 1070 g/mol. The number of hydrogen-bond donors (Lipinski definition) is 2. The second-order valence-electron chi connectivity index (χ2n) is 20.6. The number of fused-ring (bicyclic) bond motifs is 8. The van der Waals surface area contributed by atoms with Crippen LogP contribution >= 0.6 is 11.6 Å². The Kier molecular flexibility index (Phi) is 17.3. The topological polar surface area (TPSA) is 184 Å². The zero-order chi connectivity index (χ0) is 54.0. The molecule has 5 aliphatic rings. The number of esters is 1. The van der Waals surface area contributed by atoms with Gasteiger partial charge in [-0.2, -0.15) is 0 Å². The molecule has 2 aliphatic carbocycles. The zero-order valence-electron chi connectivity index (χ0n) is 44.8. The molecule has 2 aromatic carbocycles. The Morgan fingerprint density at radius 2 is 1.74 bits per heavy atom. The van der Waals surface area contributed by atoms with Gasteiger partial charge in [0.05, 0.1) is 44.0 Å². The molecule has 1 aromatic heterocycles. The largest absolute Gasteiger partial charge is 0.492 e. The molecule has 400 valence electrons. The van der Waals surface area contributed by atoms with Crippen molar-refractivity contribution in [1.82, 2.24) is 10.3 Å². The molecular weight excluding hydrogens is 1000 g/mol. The maximum Gasteiger partial charge on any atom is 0.308 e. The number of pyridine rings is 1. The SMILES string of the molecule is C=CCOc1cc2cc(OC(C)C)c(OC)c(OC)c2cc1C(=O)N[C@@H]1CC(=O)OC[C@@H](OCOC)[C@@]2(O)C#CC3=C[C@H](Oc4ccc1nc4Cl)[C@@H](O[Si](C)(C)C(C)(C)C)[C@@]31O[C@H]1C#C[C@@H]2O[Si](CC)(CC)CC. The molecule has 4 heterocycles. The maximum absolute atomic E-state index is 14.8. The fourth-order valence-electron chi connectivity index (χ4n) is 9.21. The quantitative estimate of drug-likeness (QED) is 0.0220. The number of rotatable bonds is 19. The minimum Gasteiger partial charge on any atom is -0.492 e. The normalized spacial score (nSPS) is 25.4. The first-order chi connectivity index (χ1) is 35.1. The van der Waals surface area contributed by atoms with E-state index in [-0.39, 0.29) is 52.5 Å². The van der Waals surface area contributed by atoms with Crippen LogP contribution in [-0.2, 0) is 32.6 Å². The molecule has 8 atom stereocenters. The molecule has 0 unspecified atom stereocenters. The van der Waals surface area contributed by atoms with Crippen LogP contribution < -0.4 is 29.0 Å². The lowest BCUT2D eigenvalue weighted by atomic mass is 9.90. The van der Waals surface area contributed by atoms with Crippen molar-refractivity contribution in [2.24, 2.45) is 0 Å². The number of epoxide rings is 1. The third kappa shape index (κ3) is 11.2. The van der Waals surface area contributed by atoms with Crippen molar-refractivity contribution >= 4 is 50.9 Å². The Hall–Kier alpha value is -5.13. The van der Waals surface area contributed by atoms with Crippen LogP contribution in [0.3, 0.4) is 0 Å². The van der Waals surface area contributed by atoms with E-state index in [4.69, 9.17) is 68.1 Å². The average molecular weight is 1080 g/mol. The number of carbonyl (C=O) groups excluding carboxylic acids is 2. The van der Waals surface area contributed by atoms with Gasteiger partial charge in [-0.1, -0.05) is 89.5 Å². The lowest BCUT2D eigenvalue weighted by Crippen LogP contribution is -2.58. The Balaban J connectivity index is 1.37. The summed E-state index contributed by atoms with van der Waals surface area (Å²) < 4.78 is 69.1. The summed E-state index contributed by atoms with van der Waals surface area (Å²) in [7, 11) is -0.707. The van der Waals surface area contributed by atoms with E-state index in [0.717, 1.165) is 18.1 Å². The zero-order valence-corrected chi connectivity index (χ0v) is 47.6. The smallest absolute Gasteiger partial charge is 0.308 e. The number of aliphatic hydroxyl groups is 1. The molecule has 3 aromatic rings. The van der Waals surface area contributed by atoms with Crippen molar-refractivity contribution in [3.05, 3.63) is 71.0 Å². The fourth-order valence-corrected chi connectivity index (χ4v) is 13.4. The van der Waals surface area contributed by atoms with E-state index in [1.54, 1.807) is 36.4 Å². The van der Waals surface area contributed by atoms with Gasteiger partial charge < -0.3 is 61.9 Å². The summed E-state index contributed by atoms with van der Waals surface area (Å²) in [5.74, 6) is 13.0. The van der Waals surface area contributed by atoms with Gasteiger partial charge in [0.25, 0.3) is 5.91 Å². The van der Waals surface area contributed by atoms with Gasteiger partial charge in [0.15, 0.2) is 62.4 Å². The summed E-state index contributed by atoms with van der Waals surface area (Å²) in [4.78, 5) is 33.9.